The number of urea groups is 1. The Bertz CT molecular complexity index is 259. The first-order valence-corrected chi connectivity index (χ1v) is 6.95. The Kier molecular flexibility index (Phi) is 7.03. The molecule has 5 nitrogen and oxygen atoms in total. The molecule has 0 aromatic heterocycles. The number of aliphatic carboxylic acids is 1. The molecule has 0 heterocycles. The highest BCUT2D eigenvalue weighted by atomic mass is 32.2. The van der Waals surface area contributed by atoms with Crippen LogP contribution in [0.5, 0.6) is 0 Å². The number of hydrogen-bond acceptors (Lipinski definition) is 3. The van der Waals surface area contributed by atoms with Gasteiger partial charge in [-0.1, -0.05) is 13.8 Å². The van der Waals surface area contributed by atoms with Gasteiger partial charge in [0, 0.05) is 11.3 Å². The second-order valence-electron chi connectivity index (χ2n) is 3.98. The van der Waals surface area contributed by atoms with Crippen molar-refractivity contribution >= 4 is 23.8 Å². The molecule has 0 bridgehead atoms. The Morgan fingerprint density at radius 2 is 1.88 bits per heavy atom. The van der Waals surface area contributed by atoms with Crippen molar-refractivity contribution in [2.24, 2.45) is 0 Å². The molecule has 0 fully saturated rings. The van der Waals surface area contributed by atoms with Crippen molar-refractivity contribution in [2.45, 2.75) is 44.4 Å². The fourth-order valence-corrected chi connectivity index (χ4v) is 2.21. The molecule has 0 aliphatic rings. The van der Waals surface area contributed by atoms with Crippen molar-refractivity contribution < 1.29 is 14.7 Å². The van der Waals surface area contributed by atoms with Crippen LogP contribution in [0.15, 0.2) is 0 Å². The van der Waals surface area contributed by atoms with Crippen LogP contribution in [0.25, 0.3) is 0 Å². The van der Waals surface area contributed by atoms with E-state index in [1.807, 2.05) is 6.26 Å². The molecule has 0 aliphatic carbocycles. The summed E-state index contributed by atoms with van der Waals surface area (Å²) in [7, 11) is 0. The second-order valence-corrected chi connectivity index (χ2v) is 5.26. The predicted octanol–water partition coefficient (Wildman–Crippen LogP) is 1.68. The molecule has 0 aromatic carbocycles. The van der Waals surface area contributed by atoms with E-state index in [2.05, 4.69) is 24.5 Å². The molecule has 0 radical (unpaired) electrons. The van der Waals surface area contributed by atoms with Crippen LogP contribution in [-0.2, 0) is 4.79 Å². The summed E-state index contributed by atoms with van der Waals surface area (Å²) in [5.74, 6) is -1.04. The molecule has 100 valence electrons. The second kappa shape index (κ2) is 7.42. The number of carboxylic acids is 1. The van der Waals surface area contributed by atoms with Crippen LogP contribution in [0.2, 0.25) is 0 Å². The van der Waals surface area contributed by atoms with E-state index in [4.69, 9.17) is 5.11 Å². The Morgan fingerprint density at radius 3 is 2.24 bits per heavy atom. The van der Waals surface area contributed by atoms with Crippen LogP contribution >= 0.6 is 11.8 Å². The van der Waals surface area contributed by atoms with Gasteiger partial charge in [-0.15, -0.1) is 0 Å². The van der Waals surface area contributed by atoms with Gasteiger partial charge in [-0.3, -0.25) is 4.79 Å². The maximum absolute atomic E-state index is 11.5. The minimum absolute atomic E-state index is 0.0315. The molecule has 0 saturated carbocycles. The minimum Gasteiger partial charge on any atom is -0.480 e. The number of carboxylic acid groups (broad SMARTS) is 1. The third-order valence-electron chi connectivity index (χ3n) is 3.01. The SMILES string of the molecule is CCC(CC)(CNC(=O)N[C@H](C)C(=O)O)SC. The lowest BCUT2D eigenvalue weighted by Crippen LogP contribution is -2.48. The molecule has 0 unspecified atom stereocenters. The molecule has 0 spiro atoms. The fraction of sp³-hybridized carbons (Fsp3) is 0.818. The summed E-state index contributed by atoms with van der Waals surface area (Å²) in [5.41, 5.74) is 0. The topological polar surface area (TPSA) is 78.4 Å². The summed E-state index contributed by atoms with van der Waals surface area (Å²) in [6.07, 6.45) is 3.94. The predicted molar refractivity (Wildman–Crippen MR) is 70.5 cm³/mol. The average Bonchev–Trinajstić information content (AvgIpc) is 2.31. The van der Waals surface area contributed by atoms with Crippen LogP contribution in [0, 0.1) is 0 Å². The molecule has 3 N–H and O–H groups in total. The van der Waals surface area contributed by atoms with E-state index >= 15 is 0 Å². The third-order valence-corrected chi connectivity index (χ3v) is 4.60. The molecule has 2 amide bonds. The van der Waals surface area contributed by atoms with E-state index in [0.717, 1.165) is 12.8 Å². The number of amides is 2. The van der Waals surface area contributed by atoms with Crippen molar-refractivity contribution in [1.29, 1.82) is 0 Å². The molecule has 0 saturated heterocycles. The summed E-state index contributed by atoms with van der Waals surface area (Å²) in [6.45, 7) is 6.14. The van der Waals surface area contributed by atoms with Gasteiger partial charge in [0.15, 0.2) is 0 Å². The third kappa shape index (κ3) is 5.30. The van der Waals surface area contributed by atoms with Crippen molar-refractivity contribution in [2.75, 3.05) is 12.8 Å². The Balaban J connectivity index is 4.18. The highest BCUT2D eigenvalue weighted by molar-refractivity contribution is 8.00. The van der Waals surface area contributed by atoms with E-state index in [1.165, 1.54) is 6.92 Å². The maximum Gasteiger partial charge on any atom is 0.325 e. The van der Waals surface area contributed by atoms with Gasteiger partial charge in [-0.25, -0.2) is 4.79 Å². The molecule has 0 rings (SSSR count). The fourth-order valence-electron chi connectivity index (χ4n) is 1.41. The number of rotatable bonds is 7. The minimum atomic E-state index is -1.04. The summed E-state index contributed by atoms with van der Waals surface area (Å²) in [5, 5.41) is 13.7. The molecule has 0 aliphatic heterocycles. The number of carbonyl (C=O) groups excluding carboxylic acids is 1. The largest absolute Gasteiger partial charge is 0.480 e. The monoisotopic (exact) mass is 262 g/mol. The average molecular weight is 262 g/mol. The summed E-state index contributed by atoms with van der Waals surface area (Å²) < 4.78 is 0.0315. The van der Waals surface area contributed by atoms with Gasteiger partial charge in [0.05, 0.1) is 0 Å². The van der Waals surface area contributed by atoms with E-state index in [-0.39, 0.29) is 4.75 Å². The normalized spacial score (nSPS) is 12.9. The van der Waals surface area contributed by atoms with Crippen LogP contribution < -0.4 is 10.6 Å². The Morgan fingerprint density at radius 1 is 1.35 bits per heavy atom. The van der Waals surface area contributed by atoms with Crippen molar-refractivity contribution in [3.8, 4) is 0 Å². The Labute approximate surface area is 107 Å². The van der Waals surface area contributed by atoms with Crippen LogP contribution in [0.3, 0.4) is 0 Å². The van der Waals surface area contributed by atoms with E-state index in [9.17, 15) is 9.59 Å². The first-order valence-electron chi connectivity index (χ1n) is 5.73. The highest BCUT2D eigenvalue weighted by Gasteiger charge is 2.25. The van der Waals surface area contributed by atoms with Crippen molar-refractivity contribution in [3.05, 3.63) is 0 Å². The maximum atomic E-state index is 11.5. The highest BCUT2D eigenvalue weighted by Crippen LogP contribution is 2.29. The first-order chi connectivity index (χ1) is 7.90. The van der Waals surface area contributed by atoms with Gasteiger partial charge >= 0.3 is 12.0 Å². The molecule has 17 heavy (non-hydrogen) atoms. The van der Waals surface area contributed by atoms with Gasteiger partial charge in [0.2, 0.25) is 0 Å². The van der Waals surface area contributed by atoms with Crippen LogP contribution in [-0.4, -0.2) is 40.7 Å². The number of carbonyl (C=O) groups is 2. The number of nitrogens with one attached hydrogen (secondary N) is 2. The zero-order valence-electron chi connectivity index (χ0n) is 10.9. The first kappa shape index (κ1) is 16.1. The van der Waals surface area contributed by atoms with E-state index in [1.54, 1.807) is 11.8 Å². The van der Waals surface area contributed by atoms with E-state index < -0.39 is 18.0 Å². The van der Waals surface area contributed by atoms with Crippen molar-refractivity contribution in [3.63, 3.8) is 0 Å². The quantitative estimate of drug-likeness (QED) is 0.652. The smallest absolute Gasteiger partial charge is 0.325 e. The molecular weight excluding hydrogens is 240 g/mol. The summed E-state index contributed by atoms with van der Waals surface area (Å²) in [6, 6.07) is -1.30. The van der Waals surface area contributed by atoms with Crippen LogP contribution in [0.4, 0.5) is 4.79 Å². The summed E-state index contributed by atoms with van der Waals surface area (Å²) in [4.78, 5) is 22.0. The Hall–Kier alpha value is -0.910. The lowest BCUT2D eigenvalue weighted by molar-refractivity contribution is -0.138. The van der Waals surface area contributed by atoms with Gasteiger partial charge in [0.25, 0.3) is 0 Å². The van der Waals surface area contributed by atoms with Gasteiger partial charge in [0.1, 0.15) is 6.04 Å². The number of thioether (sulfide) groups is 1. The van der Waals surface area contributed by atoms with Gasteiger partial charge in [-0.05, 0) is 26.0 Å². The molecular formula is C11H22N2O3S. The van der Waals surface area contributed by atoms with Crippen molar-refractivity contribution in [1.82, 2.24) is 10.6 Å². The summed E-state index contributed by atoms with van der Waals surface area (Å²) >= 11 is 1.73. The zero-order valence-corrected chi connectivity index (χ0v) is 11.7. The molecule has 1 atom stereocenters. The van der Waals surface area contributed by atoms with Gasteiger partial charge < -0.3 is 15.7 Å². The zero-order chi connectivity index (χ0) is 13.5. The number of hydrogen-bond donors (Lipinski definition) is 3. The lowest BCUT2D eigenvalue weighted by atomic mass is 10.0. The van der Waals surface area contributed by atoms with E-state index in [0.29, 0.717) is 6.54 Å². The standard InChI is InChI=1S/C11H22N2O3S/c1-5-11(6-2,17-4)7-12-10(16)13-8(3)9(14)15/h8H,5-7H2,1-4H3,(H,14,15)(H2,12,13,16)/t8-/m1/s1. The molecule has 0 aromatic rings. The lowest BCUT2D eigenvalue weighted by Gasteiger charge is -2.29. The van der Waals surface area contributed by atoms with Crippen LogP contribution in [0.1, 0.15) is 33.6 Å². The molecule has 6 heteroatoms. The van der Waals surface area contributed by atoms with Gasteiger partial charge in [-0.2, -0.15) is 11.8 Å².